The first-order valence-corrected chi connectivity index (χ1v) is 4.97. The average Bonchev–Trinajstić information content (AvgIpc) is 2.67. The molecular weight excluding hydrogens is 196 g/mol. The van der Waals surface area contributed by atoms with E-state index in [1.54, 1.807) is 14.0 Å². The highest BCUT2D eigenvalue weighted by molar-refractivity contribution is 5.87. The molecule has 1 heterocycles. The normalized spacial score (nSPS) is 22.1. The molecule has 1 fully saturated rings. The van der Waals surface area contributed by atoms with Crippen LogP contribution in [0.15, 0.2) is 0 Å². The summed E-state index contributed by atoms with van der Waals surface area (Å²) in [5, 5.41) is 10.1. The first kappa shape index (κ1) is 11.8. The van der Waals surface area contributed by atoms with Gasteiger partial charge in [-0.25, -0.2) is 4.79 Å². The van der Waals surface area contributed by atoms with Gasteiger partial charge in [-0.05, 0) is 13.3 Å². The summed E-state index contributed by atoms with van der Waals surface area (Å²) in [4.78, 5) is 13.1. The number of hydrogen-bond acceptors (Lipinski definition) is 3. The molecule has 0 aromatic heterocycles. The Labute approximate surface area is 89.3 Å². The Morgan fingerprint density at radius 3 is 2.87 bits per heavy atom. The van der Waals surface area contributed by atoms with Gasteiger partial charge in [0.15, 0.2) is 0 Å². The number of ether oxygens (including phenoxy) is 1. The predicted molar refractivity (Wildman–Crippen MR) is 56.9 cm³/mol. The minimum absolute atomic E-state index is 0.0182. The molecule has 1 rings (SSSR count). The summed E-state index contributed by atoms with van der Waals surface area (Å²) in [7, 11) is 1.62. The van der Waals surface area contributed by atoms with Crippen molar-refractivity contribution in [3.05, 3.63) is 0 Å². The van der Waals surface area contributed by atoms with Crippen molar-refractivity contribution in [2.75, 3.05) is 20.3 Å². The van der Waals surface area contributed by atoms with Gasteiger partial charge < -0.3 is 20.7 Å². The number of amides is 2. The van der Waals surface area contributed by atoms with E-state index in [1.807, 2.05) is 0 Å². The van der Waals surface area contributed by atoms with Crippen molar-refractivity contribution in [1.82, 2.24) is 10.2 Å². The molecule has 0 radical (unpaired) electrons. The number of carbonyl (C=O) groups excluding carboxylic acids is 1. The van der Waals surface area contributed by atoms with Gasteiger partial charge in [-0.3, -0.25) is 5.41 Å². The van der Waals surface area contributed by atoms with Gasteiger partial charge in [0.2, 0.25) is 0 Å². The lowest BCUT2D eigenvalue weighted by Crippen LogP contribution is -2.50. The monoisotopic (exact) mass is 214 g/mol. The van der Waals surface area contributed by atoms with Crippen LogP contribution in [0.3, 0.4) is 0 Å². The summed E-state index contributed by atoms with van der Waals surface area (Å²) in [6, 6.07) is -0.514. The number of nitrogens with zero attached hydrogens (tertiary/aromatic N) is 1. The maximum atomic E-state index is 11.7. The lowest BCUT2D eigenvalue weighted by atomic mass is 10.2. The third-order valence-electron chi connectivity index (χ3n) is 2.61. The number of hydrogen-bond donors (Lipinski definition) is 3. The predicted octanol–water partition coefficient (Wildman–Crippen LogP) is -0.259. The zero-order valence-corrected chi connectivity index (χ0v) is 9.12. The Balaban J connectivity index is 2.41. The molecule has 0 bridgehead atoms. The first-order valence-electron chi connectivity index (χ1n) is 4.97. The lowest BCUT2D eigenvalue weighted by Gasteiger charge is -2.25. The topological polar surface area (TPSA) is 91.4 Å². The van der Waals surface area contributed by atoms with Crippen LogP contribution in [0.2, 0.25) is 0 Å². The molecular formula is C9H18N4O2. The Morgan fingerprint density at radius 1 is 1.73 bits per heavy atom. The molecule has 2 atom stereocenters. The highest BCUT2D eigenvalue weighted by atomic mass is 16.5. The zero-order chi connectivity index (χ0) is 11.4. The number of nitrogens with two attached hydrogens (primary N) is 1. The second-order valence-electron chi connectivity index (χ2n) is 3.75. The first-order chi connectivity index (χ1) is 7.02. The van der Waals surface area contributed by atoms with Crippen LogP contribution in [0.1, 0.15) is 13.3 Å². The quantitative estimate of drug-likeness (QED) is 0.446. The minimum atomic E-state index is -0.382. The highest BCUT2D eigenvalue weighted by Gasteiger charge is 2.22. The van der Waals surface area contributed by atoms with Gasteiger partial charge in [0.05, 0.1) is 18.7 Å². The third-order valence-corrected chi connectivity index (χ3v) is 2.61. The van der Waals surface area contributed by atoms with E-state index in [4.69, 9.17) is 15.9 Å². The van der Waals surface area contributed by atoms with Gasteiger partial charge in [0, 0.05) is 13.7 Å². The standard InChI is InChI=1S/C9H18N4O2/c1-6(8(10)11)13(2)9(14)12-7-3-4-15-5-7/h6-7H,3-5H2,1-2H3,(H3,10,11)(H,12,14). The molecule has 0 spiro atoms. The van der Waals surface area contributed by atoms with Crippen molar-refractivity contribution in [3.63, 3.8) is 0 Å². The van der Waals surface area contributed by atoms with Crippen molar-refractivity contribution >= 4 is 11.9 Å². The van der Waals surface area contributed by atoms with Crippen LogP contribution >= 0.6 is 0 Å². The zero-order valence-electron chi connectivity index (χ0n) is 9.12. The Kier molecular flexibility index (Phi) is 3.90. The second kappa shape index (κ2) is 4.97. The van der Waals surface area contributed by atoms with E-state index in [0.717, 1.165) is 6.42 Å². The summed E-state index contributed by atoms with van der Waals surface area (Å²) in [5.41, 5.74) is 5.32. The molecule has 6 nitrogen and oxygen atoms in total. The van der Waals surface area contributed by atoms with Gasteiger partial charge in [0.25, 0.3) is 0 Å². The van der Waals surface area contributed by atoms with Crippen LogP contribution in [-0.2, 0) is 4.74 Å². The number of amidine groups is 1. The fourth-order valence-corrected chi connectivity index (χ4v) is 1.31. The molecule has 0 aromatic rings. The molecule has 15 heavy (non-hydrogen) atoms. The van der Waals surface area contributed by atoms with Gasteiger partial charge in [0.1, 0.15) is 5.84 Å². The number of likely N-dealkylation sites (N-methyl/N-ethyl adjacent to an activating group) is 1. The van der Waals surface area contributed by atoms with E-state index < -0.39 is 0 Å². The lowest BCUT2D eigenvalue weighted by molar-refractivity contribution is 0.180. The van der Waals surface area contributed by atoms with Crippen molar-refractivity contribution in [2.45, 2.75) is 25.4 Å². The molecule has 6 heteroatoms. The second-order valence-corrected chi connectivity index (χ2v) is 3.75. The summed E-state index contributed by atoms with van der Waals surface area (Å²) in [6.45, 7) is 2.97. The van der Waals surface area contributed by atoms with Gasteiger partial charge in [-0.1, -0.05) is 0 Å². The Bertz CT molecular complexity index is 250. The number of rotatable bonds is 3. The number of urea groups is 1. The van der Waals surface area contributed by atoms with Crippen molar-refractivity contribution in [3.8, 4) is 0 Å². The molecule has 0 aliphatic carbocycles. The van der Waals surface area contributed by atoms with E-state index in [1.165, 1.54) is 4.90 Å². The number of nitrogens with one attached hydrogen (secondary N) is 2. The minimum Gasteiger partial charge on any atom is -0.386 e. The molecule has 0 aromatic carbocycles. The van der Waals surface area contributed by atoms with Crippen LogP contribution < -0.4 is 11.1 Å². The van der Waals surface area contributed by atoms with Gasteiger partial charge in [-0.2, -0.15) is 0 Å². The van der Waals surface area contributed by atoms with Crippen LogP contribution in [0.5, 0.6) is 0 Å². The Morgan fingerprint density at radius 2 is 2.40 bits per heavy atom. The van der Waals surface area contributed by atoms with Crippen LogP contribution in [-0.4, -0.2) is 49.1 Å². The summed E-state index contributed by atoms with van der Waals surface area (Å²) >= 11 is 0. The Hall–Kier alpha value is -1.30. The third kappa shape index (κ3) is 3.09. The van der Waals surface area contributed by atoms with Crippen molar-refractivity contribution < 1.29 is 9.53 Å². The average molecular weight is 214 g/mol. The largest absolute Gasteiger partial charge is 0.386 e. The van der Waals surface area contributed by atoms with Crippen LogP contribution in [0.4, 0.5) is 4.79 Å². The number of carbonyl (C=O) groups is 1. The molecule has 0 saturated carbocycles. The molecule has 2 amide bonds. The van der Waals surface area contributed by atoms with Crippen molar-refractivity contribution in [1.29, 1.82) is 5.41 Å². The fourth-order valence-electron chi connectivity index (χ4n) is 1.31. The van der Waals surface area contributed by atoms with E-state index in [-0.39, 0.29) is 24.0 Å². The maximum Gasteiger partial charge on any atom is 0.318 e. The molecule has 1 aliphatic rings. The van der Waals surface area contributed by atoms with Crippen molar-refractivity contribution in [2.24, 2.45) is 5.73 Å². The van der Waals surface area contributed by atoms with Gasteiger partial charge >= 0.3 is 6.03 Å². The van der Waals surface area contributed by atoms with Crippen LogP contribution in [0, 0.1) is 5.41 Å². The smallest absolute Gasteiger partial charge is 0.318 e. The molecule has 86 valence electrons. The highest BCUT2D eigenvalue weighted by Crippen LogP contribution is 2.04. The van der Waals surface area contributed by atoms with E-state index >= 15 is 0 Å². The maximum absolute atomic E-state index is 11.7. The fraction of sp³-hybridized carbons (Fsp3) is 0.778. The van der Waals surface area contributed by atoms with E-state index in [9.17, 15) is 4.79 Å². The molecule has 4 N–H and O–H groups in total. The summed E-state index contributed by atoms with van der Waals surface area (Å²) in [5.74, 6) is -0.0182. The summed E-state index contributed by atoms with van der Waals surface area (Å²) < 4.78 is 5.15. The van der Waals surface area contributed by atoms with Gasteiger partial charge in [-0.15, -0.1) is 0 Å². The molecule has 1 saturated heterocycles. The SMILES string of the molecule is CC(C(=N)N)N(C)C(=O)NC1CCOC1. The van der Waals surface area contributed by atoms with Crippen LogP contribution in [0.25, 0.3) is 0 Å². The van der Waals surface area contributed by atoms with E-state index in [2.05, 4.69) is 5.32 Å². The molecule has 1 aliphatic heterocycles. The van der Waals surface area contributed by atoms with E-state index in [0.29, 0.717) is 13.2 Å². The molecule has 2 unspecified atom stereocenters. The summed E-state index contributed by atoms with van der Waals surface area (Å²) in [6.07, 6.45) is 0.841.